The first-order valence-corrected chi connectivity index (χ1v) is 6.42. The molecule has 0 aliphatic heterocycles. The van der Waals surface area contributed by atoms with Gasteiger partial charge >= 0.3 is 11.9 Å². The summed E-state index contributed by atoms with van der Waals surface area (Å²) in [6.07, 6.45) is 3.75. The van der Waals surface area contributed by atoms with Crippen molar-refractivity contribution < 1.29 is 23.8 Å². The minimum absolute atomic E-state index is 0.00423. The van der Waals surface area contributed by atoms with Crippen LogP contribution in [0.3, 0.4) is 0 Å². The number of carbonyl (C=O) groups excluding carboxylic acids is 2. The van der Waals surface area contributed by atoms with E-state index in [1.807, 2.05) is 0 Å². The maximum atomic E-state index is 11.7. The minimum Gasteiger partial charge on any atom is -0.462 e. The van der Waals surface area contributed by atoms with E-state index < -0.39 is 0 Å². The SMILES string of the molecule is COCC1CCC(C(=O)OCCOC(C)=O)CC1. The van der Waals surface area contributed by atoms with E-state index >= 15 is 0 Å². The zero-order valence-electron chi connectivity index (χ0n) is 11.1. The molecule has 0 aromatic carbocycles. The zero-order chi connectivity index (χ0) is 13.4. The second-order valence-corrected chi connectivity index (χ2v) is 4.68. The summed E-state index contributed by atoms with van der Waals surface area (Å²) in [7, 11) is 1.70. The summed E-state index contributed by atoms with van der Waals surface area (Å²) >= 11 is 0. The van der Waals surface area contributed by atoms with Gasteiger partial charge in [0.1, 0.15) is 13.2 Å². The van der Waals surface area contributed by atoms with Gasteiger partial charge in [0.05, 0.1) is 5.92 Å². The number of ether oxygens (including phenoxy) is 3. The largest absolute Gasteiger partial charge is 0.462 e. The predicted octanol–water partition coefficient (Wildman–Crippen LogP) is 1.55. The molecule has 0 amide bonds. The first kappa shape index (κ1) is 15.0. The van der Waals surface area contributed by atoms with Gasteiger partial charge in [-0.25, -0.2) is 0 Å². The van der Waals surface area contributed by atoms with Crippen LogP contribution in [0.15, 0.2) is 0 Å². The molecular weight excluding hydrogens is 236 g/mol. The molecule has 0 heterocycles. The van der Waals surface area contributed by atoms with Crippen molar-refractivity contribution in [1.82, 2.24) is 0 Å². The third-order valence-corrected chi connectivity index (χ3v) is 3.22. The highest BCUT2D eigenvalue weighted by Gasteiger charge is 2.27. The Morgan fingerprint density at radius 1 is 1.06 bits per heavy atom. The van der Waals surface area contributed by atoms with Crippen LogP contribution in [0.5, 0.6) is 0 Å². The molecule has 5 heteroatoms. The number of rotatable bonds is 6. The van der Waals surface area contributed by atoms with Crippen molar-refractivity contribution in [3.05, 3.63) is 0 Å². The van der Waals surface area contributed by atoms with E-state index in [1.54, 1.807) is 7.11 Å². The molecule has 1 aliphatic rings. The molecular formula is C13H22O5. The molecule has 1 aliphatic carbocycles. The minimum atomic E-state index is -0.355. The van der Waals surface area contributed by atoms with Gasteiger partial charge in [0.25, 0.3) is 0 Å². The first-order valence-electron chi connectivity index (χ1n) is 6.42. The summed E-state index contributed by atoms with van der Waals surface area (Å²) in [5, 5.41) is 0. The Bertz CT molecular complexity index is 269. The molecule has 0 spiro atoms. The van der Waals surface area contributed by atoms with Crippen LogP contribution in [0.1, 0.15) is 32.6 Å². The van der Waals surface area contributed by atoms with E-state index in [0.29, 0.717) is 5.92 Å². The van der Waals surface area contributed by atoms with Gasteiger partial charge in [-0.1, -0.05) is 0 Å². The maximum absolute atomic E-state index is 11.7. The lowest BCUT2D eigenvalue weighted by atomic mass is 9.82. The average molecular weight is 258 g/mol. The molecule has 1 rings (SSSR count). The molecule has 0 aromatic heterocycles. The first-order chi connectivity index (χ1) is 8.63. The van der Waals surface area contributed by atoms with Gasteiger partial charge in [-0.3, -0.25) is 9.59 Å². The van der Waals surface area contributed by atoms with Crippen LogP contribution in [0.2, 0.25) is 0 Å². The van der Waals surface area contributed by atoms with Crippen molar-refractivity contribution in [3.63, 3.8) is 0 Å². The van der Waals surface area contributed by atoms with Crippen LogP contribution in [-0.2, 0) is 23.8 Å². The molecule has 0 radical (unpaired) electrons. The second kappa shape index (κ2) is 8.08. The molecule has 0 saturated heterocycles. The fourth-order valence-electron chi connectivity index (χ4n) is 2.25. The van der Waals surface area contributed by atoms with Crippen LogP contribution < -0.4 is 0 Å². The van der Waals surface area contributed by atoms with Crippen molar-refractivity contribution in [3.8, 4) is 0 Å². The molecule has 18 heavy (non-hydrogen) atoms. The molecule has 5 nitrogen and oxygen atoms in total. The quantitative estimate of drug-likeness (QED) is 0.534. The van der Waals surface area contributed by atoms with Crippen LogP contribution in [-0.4, -0.2) is 38.9 Å². The van der Waals surface area contributed by atoms with Gasteiger partial charge < -0.3 is 14.2 Å². The summed E-state index contributed by atoms with van der Waals surface area (Å²) in [6, 6.07) is 0. The smallest absolute Gasteiger partial charge is 0.309 e. The van der Waals surface area contributed by atoms with E-state index in [-0.39, 0.29) is 31.1 Å². The van der Waals surface area contributed by atoms with E-state index in [0.717, 1.165) is 32.3 Å². The summed E-state index contributed by atoms with van der Waals surface area (Å²) < 4.78 is 14.9. The van der Waals surface area contributed by atoms with Gasteiger partial charge in [-0.2, -0.15) is 0 Å². The molecule has 104 valence electrons. The molecule has 1 fully saturated rings. The average Bonchev–Trinajstić information content (AvgIpc) is 2.35. The third-order valence-electron chi connectivity index (χ3n) is 3.22. The summed E-state index contributed by atoms with van der Waals surface area (Å²) in [4.78, 5) is 22.2. The fourth-order valence-corrected chi connectivity index (χ4v) is 2.25. The molecule has 0 bridgehead atoms. The standard InChI is InChI=1S/C13H22O5/c1-10(14)17-7-8-18-13(15)12-5-3-11(4-6-12)9-16-2/h11-12H,3-9H2,1-2H3. The van der Waals surface area contributed by atoms with Crippen LogP contribution in [0.25, 0.3) is 0 Å². The summed E-state index contributed by atoms with van der Waals surface area (Å²) in [5.41, 5.74) is 0. The van der Waals surface area contributed by atoms with Crippen LogP contribution in [0.4, 0.5) is 0 Å². The van der Waals surface area contributed by atoms with Crippen molar-refractivity contribution in [1.29, 1.82) is 0 Å². The Kier molecular flexibility index (Phi) is 6.72. The van der Waals surface area contributed by atoms with E-state index in [4.69, 9.17) is 14.2 Å². The molecule has 0 N–H and O–H groups in total. The van der Waals surface area contributed by atoms with Gasteiger partial charge in [0.2, 0.25) is 0 Å². The van der Waals surface area contributed by atoms with Gasteiger partial charge in [0, 0.05) is 20.6 Å². The van der Waals surface area contributed by atoms with E-state index in [2.05, 4.69) is 0 Å². The van der Waals surface area contributed by atoms with Crippen LogP contribution >= 0.6 is 0 Å². The Morgan fingerprint density at radius 2 is 1.67 bits per heavy atom. The number of hydrogen-bond donors (Lipinski definition) is 0. The van der Waals surface area contributed by atoms with Gasteiger partial charge in [-0.15, -0.1) is 0 Å². The van der Waals surface area contributed by atoms with Gasteiger partial charge in [0.15, 0.2) is 0 Å². The van der Waals surface area contributed by atoms with E-state index in [9.17, 15) is 9.59 Å². The van der Waals surface area contributed by atoms with Crippen molar-refractivity contribution >= 4 is 11.9 Å². The monoisotopic (exact) mass is 258 g/mol. The summed E-state index contributed by atoms with van der Waals surface area (Å²) in [6.45, 7) is 2.39. The van der Waals surface area contributed by atoms with E-state index in [1.165, 1.54) is 6.92 Å². The van der Waals surface area contributed by atoms with Crippen molar-refractivity contribution in [2.45, 2.75) is 32.6 Å². The topological polar surface area (TPSA) is 61.8 Å². The Labute approximate surface area is 108 Å². The van der Waals surface area contributed by atoms with Crippen molar-refractivity contribution in [2.24, 2.45) is 11.8 Å². The highest BCUT2D eigenvalue weighted by atomic mass is 16.6. The van der Waals surface area contributed by atoms with Crippen molar-refractivity contribution in [2.75, 3.05) is 26.9 Å². The lowest BCUT2D eigenvalue weighted by Gasteiger charge is -2.26. The normalized spacial score (nSPS) is 23.4. The number of hydrogen-bond acceptors (Lipinski definition) is 5. The predicted molar refractivity (Wildman–Crippen MR) is 64.9 cm³/mol. The number of carbonyl (C=O) groups is 2. The highest BCUT2D eigenvalue weighted by Crippen LogP contribution is 2.29. The summed E-state index contributed by atoms with van der Waals surface area (Å²) in [5.74, 6) is 0.0414. The molecule has 0 aromatic rings. The second-order valence-electron chi connectivity index (χ2n) is 4.68. The highest BCUT2D eigenvalue weighted by molar-refractivity contribution is 5.72. The number of esters is 2. The van der Waals surface area contributed by atoms with Crippen LogP contribution in [0, 0.1) is 11.8 Å². The number of methoxy groups -OCH3 is 1. The fraction of sp³-hybridized carbons (Fsp3) is 0.846. The molecule has 0 unspecified atom stereocenters. The molecule has 0 atom stereocenters. The Morgan fingerprint density at radius 3 is 2.22 bits per heavy atom. The third kappa shape index (κ3) is 5.49. The Hall–Kier alpha value is -1.10. The lowest BCUT2D eigenvalue weighted by Crippen LogP contribution is -2.26. The van der Waals surface area contributed by atoms with Gasteiger partial charge in [-0.05, 0) is 31.6 Å². The Balaban J connectivity index is 2.14. The lowest BCUT2D eigenvalue weighted by molar-refractivity contribution is -0.155. The zero-order valence-corrected chi connectivity index (χ0v) is 11.1. The maximum Gasteiger partial charge on any atom is 0.309 e. The molecule has 1 saturated carbocycles.